The molecular formula is C14H28N4O3S. The van der Waals surface area contributed by atoms with Crippen LogP contribution in [0.4, 0.5) is 0 Å². The van der Waals surface area contributed by atoms with Crippen LogP contribution >= 0.6 is 0 Å². The molecule has 22 heavy (non-hydrogen) atoms. The number of guanidine groups is 1. The average Bonchev–Trinajstić information content (AvgIpc) is 3.11. The first-order valence-electron chi connectivity index (χ1n) is 7.92. The number of ether oxygens (including phenoxy) is 1. The van der Waals surface area contributed by atoms with Gasteiger partial charge < -0.3 is 15.4 Å². The minimum absolute atomic E-state index is 0.0581. The molecule has 0 bridgehead atoms. The standard InChI is InChI=1S/C14H28N4O3S/c1-10-7-13(10)17-14(15-4)16-5-6-22(19,20)18-8-11(2)21-12(3)9-18/h10-13H,5-9H2,1-4H3,(H2,15,16,17). The van der Waals surface area contributed by atoms with Crippen LogP contribution in [0, 0.1) is 5.92 Å². The molecule has 2 N–H and O–H groups in total. The van der Waals surface area contributed by atoms with Crippen LogP contribution in [0.3, 0.4) is 0 Å². The molecule has 1 heterocycles. The normalized spacial score (nSPS) is 33.5. The van der Waals surface area contributed by atoms with Crippen molar-refractivity contribution in [3.8, 4) is 0 Å². The maximum absolute atomic E-state index is 12.4. The van der Waals surface area contributed by atoms with Gasteiger partial charge in [0.15, 0.2) is 5.96 Å². The van der Waals surface area contributed by atoms with Crippen molar-refractivity contribution >= 4 is 16.0 Å². The van der Waals surface area contributed by atoms with E-state index in [1.54, 1.807) is 7.05 Å². The fraction of sp³-hybridized carbons (Fsp3) is 0.929. The molecule has 0 aromatic heterocycles. The molecule has 1 saturated carbocycles. The summed E-state index contributed by atoms with van der Waals surface area (Å²) in [5.41, 5.74) is 0. The Balaban J connectivity index is 1.79. The van der Waals surface area contributed by atoms with Gasteiger partial charge in [-0.2, -0.15) is 4.31 Å². The maximum Gasteiger partial charge on any atom is 0.216 e. The zero-order chi connectivity index (χ0) is 16.3. The van der Waals surface area contributed by atoms with E-state index in [2.05, 4.69) is 22.5 Å². The van der Waals surface area contributed by atoms with Crippen LogP contribution in [0.1, 0.15) is 27.2 Å². The summed E-state index contributed by atoms with van der Waals surface area (Å²) in [6.45, 7) is 7.19. The van der Waals surface area contributed by atoms with Gasteiger partial charge in [0.2, 0.25) is 10.0 Å². The largest absolute Gasteiger partial charge is 0.373 e. The molecule has 2 fully saturated rings. The molecule has 128 valence electrons. The summed E-state index contributed by atoms with van der Waals surface area (Å²) >= 11 is 0. The molecular weight excluding hydrogens is 304 g/mol. The minimum atomic E-state index is -3.27. The van der Waals surface area contributed by atoms with Crippen molar-refractivity contribution in [2.75, 3.05) is 32.4 Å². The Morgan fingerprint density at radius 3 is 2.36 bits per heavy atom. The van der Waals surface area contributed by atoms with E-state index in [-0.39, 0.29) is 18.0 Å². The SMILES string of the molecule is CN=C(NCCS(=O)(=O)N1CC(C)OC(C)C1)NC1CC1C. The van der Waals surface area contributed by atoms with E-state index < -0.39 is 10.0 Å². The summed E-state index contributed by atoms with van der Waals surface area (Å²) in [6.07, 6.45) is 1.03. The number of morpholine rings is 1. The number of hydrogen-bond donors (Lipinski definition) is 2. The number of nitrogens with one attached hydrogen (secondary N) is 2. The van der Waals surface area contributed by atoms with Gasteiger partial charge in [-0.1, -0.05) is 6.92 Å². The van der Waals surface area contributed by atoms with E-state index in [4.69, 9.17) is 4.74 Å². The molecule has 0 aromatic carbocycles. The third-order valence-corrected chi connectivity index (χ3v) is 5.89. The number of hydrogen-bond acceptors (Lipinski definition) is 4. The molecule has 2 rings (SSSR count). The van der Waals surface area contributed by atoms with Crippen molar-refractivity contribution < 1.29 is 13.2 Å². The Morgan fingerprint density at radius 1 is 1.27 bits per heavy atom. The summed E-state index contributed by atoms with van der Waals surface area (Å²) in [5, 5.41) is 6.36. The lowest BCUT2D eigenvalue weighted by atomic mass is 10.3. The lowest BCUT2D eigenvalue weighted by Gasteiger charge is -2.34. The van der Waals surface area contributed by atoms with Crippen molar-refractivity contribution in [3.63, 3.8) is 0 Å². The fourth-order valence-corrected chi connectivity index (χ4v) is 4.17. The molecule has 1 aliphatic heterocycles. The van der Waals surface area contributed by atoms with Crippen LogP contribution in [0.15, 0.2) is 4.99 Å². The van der Waals surface area contributed by atoms with Gasteiger partial charge in [0.25, 0.3) is 0 Å². The third kappa shape index (κ3) is 4.82. The topological polar surface area (TPSA) is 83.0 Å². The number of aliphatic imine (C=N–C) groups is 1. The highest BCUT2D eigenvalue weighted by atomic mass is 32.2. The van der Waals surface area contributed by atoms with E-state index in [0.717, 1.165) is 6.42 Å². The van der Waals surface area contributed by atoms with Crippen molar-refractivity contribution in [1.82, 2.24) is 14.9 Å². The van der Waals surface area contributed by atoms with Gasteiger partial charge in [-0.15, -0.1) is 0 Å². The molecule has 7 nitrogen and oxygen atoms in total. The molecule has 1 aliphatic carbocycles. The molecule has 0 amide bonds. The maximum atomic E-state index is 12.4. The predicted molar refractivity (Wildman–Crippen MR) is 87.4 cm³/mol. The Bertz CT molecular complexity index is 498. The van der Waals surface area contributed by atoms with Gasteiger partial charge in [-0.05, 0) is 26.2 Å². The van der Waals surface area contributed by atoms with Crippen molar-refractivity contribution in [3.05, 3.63) is 0 Å². The second-order valence-corrected chi connectivity index (χ2v) is 8.44. The van der Waals surface area contributed by atoms with Gasteiger partial charge >= 0.3 is 0 Å². The van der Waals surface area contributed by atoms with Crippen molar-refractivity contribution in [1.29, 1.82) is 0 Å². The molecule has 2 aliphatic rings. The van der Waals surface area contributed by atoms with Gasteiger partial charge in [-0.3, -0.25) is 4.99 Å². The summed E-state index contributed by atoms with van der Waals surface area (Å²) in [4.78, 5) is 4.12. The zero-order valence-corrected chi connectivity index (χ0v) is 14.7. The average molecular weight is 332 g/mol. The van der Waals surface area contributed by atoms with E-state index >= 15 is 0 Å². The van der Waals surface area contributed by atoms with Crippen LogP contribution in [-0.4, -0.2) is 69.4 Å². The monoisotopic (exact) mass is 332 g/mol. The van der Waals surface area contributed by atoms with Gasteiger partial charge in [0, 0.05) is 32.7 Å². The lowest BCUT2D eigenvalue weighted by Crippen LogP contribution is -2.50. The highest BCUT2D eigenvalue weighted by molar-refractivity contribution is 7.89. The number of rotatable bonds is 5. The first-order chi connectivity index (χ1) is 10.3. The molecule has 8 heteroatoms. The van der Waals surface area contributed by atoms with Crippen LogP contribution in [-0.2, 0) is 14.8 Å². The van der Waals surface area contributed by atoms with Gasteiger partial charge in [0.1, 0.15) is 0 Å². The van der Waals surface area contributed by atoms with Crippen LogP contribution < -0.4 is 10.6 Å². The second kappa shape index (κ2) is 7.14. The summed E-state index contributed by atoms with van der Waals surface area (Å²) in [5.74, 6) is 1.40. The zero-order valence-electron chi connectivity index (χ0n) is 13.9. The molecule has 4 atom stereocenters. The Labute approximate surface area is 133 Å². The van der Waals surface area contributed by atoms with Gasteiger partial charge in [-0.25, -0.2) is 8.42 Å². The Morgan fingerprint density at radius 2 is 1.86 bits per heavy atom. The van der Waals surface area contributed by atoms with Crippen LogP contribution in [0.25, 0.3) is 0 Å². The second-order valence-electron chi connectivity index (χ2n) is 6.35. The first-order valence-corrected chi connectivity index (χ1v) is 9.53. The molecule has 4 unspecified atom stereocenters. The van der Waals surface area contributed by atoms with E-state index in [0.29, 0.717) is 37.6 Å². The van der Waals surface area contributed by atoms with E-state index in [1.807, 2.05) is 13.8 Å². The minimum Gasteiger partial charge on any atom is -0.373 e. The number of nitrogens with zero attached hydrogens (tertiary/aromatic N) is 2. The molecule has 1 saturated heterocycles. The summed E-state index contributed by atoms with van der Waals surface area (Å²) in [6, 6.07) is 0.462. The van der Waals surface area contributed by atoms with Gasteiger partial charge in [0.05, 0.1) is 18.0 Å². The first kappa shape index (κ1) is 17.5. The fourth-order valence-electron chi connectivity index (χ4n) is 2.68. The third-order valence-electron chi connectivity index (χ3n) is 4.09. The Kier molecular flexibility index (Phi) is 5.68. The van der Waals surface area contributed by atoms with E-state index in [1.165, 1.54) is 4.31 Å². The summed E-state index contributed by atoms with van der Waals surface area (Å²) < 4.78 is 31.9. The number of sulfonamides is 1. The van der Waals surface area contributed by atoms with Crippen LogP contribution in [0.5, 0.6) is 0 Å². The molecule has 0 spiro atoms. The van der Waals surface area contributed by atoms with Crippen molar-refractivity contribution in [2.24, 2.45) is 10.9 Å². The quantitative estimate of drug-likeness (QED) is 0.547. The van der Waals surface area contributed by atoms with E-state index in [9.17, 15) is 8.42 Å². The molecule has 0 radical (unpaired) electrons. The van der Waals surface area contributed by atoms with Crippen LogP contribution in [0.2, 0.25) is 0 Å². The highest BCUT2D eigenvalue weighted by Gasteiger charge is 2.33. The predicted octanol–water partition coefficient (Wildman–Crippen LogP) is -0.00120. The smallest absolute Gasteiger partial charge is 0.216 e. The highest BCUT2D eigenvalue weighted by Crippen LogP contribution is 2.28. The van der Waals surface area contributed by atoms with Crippen molar-refractivity contribution in [2.45, 2.75) is 45.4 Å². The Hall–Kier alpha value is -0.860. The molecule has 0 aromatic rings. The summed E-state index contributed by atoms with van der Waals surface area (Å²) in [7, 11) is -1.57. The lowest BCUT2D eigenvalue weighted by molar-refractivity contribution is -0.0440.